The third-order valence-corrected chi connectivity index (χ3v) is 6.60. The van der Waals surface area contributed by atoms with E-state index in [2.05, 4.69) is 9.97 Å². The molecular formula is C18H16ClN3O3S. The van der Waals surface area contributed by atoms with Gasteiger partial charge in [-0.2, -0.15) is 4.31 Å². The maximum Gasteiger partial charge on any atom is 0.243 e. The maximum absolute atomic E-state index is 12.7. The Morgan fingerprint density at radius 3 is 2.38 bits per heavy atom. The highest BCUT2D eigenvalue weighted by molar-refractivity contribution is 7.89. The van der Waals surface area contributed by atoms with Crippen LogP contribution in [0.4, 0.5) is 0 Å². The van der Waals surface area contributed by atoms with Gasteiger partial charge in [0.2, 0.25) is 10.0 Å². The van der Waals surface area contributed by atoms with E-state index in [1.54, 1.807) is 24.3 Å². The van der Waals surface area contributed by atoms with Crippen LogP contribution in [0.3, 0.4) is 0 Å². The number of hydrogen-bond donors (Lipinski definition) is 0. The summed E-state index contributed by atoms with van der Waals surface area (Å²) in [5, 5.41) is 1.15. The third kappa shape index (κ3) is 3.19. The Labute approximate surface area is 156 Å². The van der Waals surface area contributed by atoms with Gasteiger partial charge in [0.25, 0.3) is 0 Å². The minimum Gasteiger partial charge on any atom is -0.379 e. The molecule has 0 bridgehead atoms. The Hall–Kier alpha value is -2.06. The molecule has 0 amide bonds. The third-order valence-electron chi connectivity index (χ3n) is 4.38. The largest absolute Gasteiger partial charge is 0.379 e. The minimum atomic E-state index is -3.49. The van der Waals surface area contributed by atoms with E-state index in [9.17, 15) is 8.42 Å². The first-order valence-electron chi connectivity index (χ1n) is 8.14. The number of fused-ring (bicyclic) bond motifs is 1. The normalized spacial score (nSPS) is 16.0. The van der Waals surface area contributed by atoms with Crippen LogP contribution in [0.25, 0.3) is 22.0 Å². The number of aromatic nitrogens is 2. The molecule has 0 aliphatic carbocycles. The molecule has 0 N–H and O–H groups in total. The van der Waals surface area contributed by atoms with Crippen molar-refractivity contribution in [3.63, 3.8) is 0 Å². The van der Waals surface area contributed by atoms with E-state index in [-0.39, 0.29) is 4.90 Å². The first kappa shape index (κ1) is 17.4. The number of rotatable bonds is 3. The van der Waals surface area contributed by atoms with Gasteiger partial charge in [-0.15, -0.1) is 0 Å². The van der Waals surface area contributed by atoms with Gasteiger partial charge in [0.1, 0.15) is 11.5 Å². The van der Waals surface area contributed by atoms with Crippen molar-refractivity contribution in [1.82, 2.24) is 14.3 Å². The van der Waals surface area contributed by atoms with Crippen molar-refractivity contribution >= 4 is 32.5 Å². The summed E-state index contributed by atoms with van der Waals surface area (Å²) in [5.74, 6) is 0. The second-order valence-corrected chi connectivity index (χ2v) is 8.23. The Morgan fingerprint density at radius 1 is 0.962 bits per heavy atom. The van der Waals surface area contributed by atoms with Crippen LogP contribution in [0, 0.1) is 0 Å². The summed E-state index contributed by atoms with van der Waals surface area (Å²) in [6, 6.07) is 12.6. The monoisotopic (exact) mass is 389 g/mol. The molecule has 4 rings (SSSR count). The fourth-order valence-electron chi connectivity index (χ4n) is 2.96. The molecule has 0 atom stereocenters. The molecule has 26 heavy (non-hydrogen) atoms. The molecule has 2 aromatic carbocycles. The first-order valence-corrected chi connectivity index (χ1v) is 9.96. The van der Waals surface area contributed by atoms with Crippen LogP contribution in [0.5, 0.6) is 0 Å². The summed E-state index contributed by atoms with van der Waals surface area (Å²) < 4.78 is 32.1. The molecule has 134 valence electrons. The lowest BCUT2D eigenvalue weighted by Gasteiger charge is -2.26. The molecule has 8 heteroatoms. The van der Waals surface area contributed by atoms with Crippen LogP contribution >= 0.6 is 11.6 Å². The first-order chi connectivity index (χ1) is 12.6. The van der Waals surface area contributed by atoms with E-state index in [1.165, 1.54) is 10.6 Å². The van der Waals surface area contributed by atoms with Crippen molar-refractivity contribution in [2.45, 2.75) is 4.90 Å². The van der Waals surface area contributed by atoms with Crippen molar-refractivity contribution in [1.29, 1.82) is 0 Å². The molecular weight excluding hydrogens is 374 g/mol. The van der Waals surface area contributed by atoms with Crippen molar-refractivity contribution in [2.75, 3.05) is 26.3 Å². The molecule has 1 aliphatic heterocycles. The van der Waals surface area contributed by atoms with Gasteiger partial charge in [0.15, 0.2) is 0 Å². The molecule has 1 aromatic heterocycles. The molecule has 6 nitrogen and oxygen atoms in total. The fraction of sp³-hybridized carbons (Fsp3) is 0.222. The minimum absolute atomic E-state index is 0.283. The van der Waals surface area contributed by atoms with Crippen LogP contribution in [-0.2, 0) is 14.8 Å². The number of sulfonamides is 1. The highest BCUT2D eigenvalue weighted by Gasteiger charge is 2.26. The molecule has 0 radical (unpaired) electrons. The van der Waals surface area contributed by atoms with Crippen LogP contribution < -0.4 is 0 Å². The topological polar surface area (TPSA) is 72.4 Å². The standard InChI is InChI=1S/C18H16ClN3O3S/c19-18-16-11-14(3-6-17(16)20-12-21-18)13-1-4-15(5-2-13)26(23,24)22-7-9-25-10-8-22/h1-6,11-12H,7-10H2. The predicted molar refractivity (Wildman–Crippen MR) is 99.6 cm³/mol. The van der Waals surface area contributed by atoms with Gasteiger partial charge in [-0.05, 0) is 35.4 Å². The molecule has 0 spiro atoms. The van der Waals surface area contributed by atoms with E-state index in [1.807, 2.05) is 18.2 Å². The number of benzene rings is 2. The molecule has 1 saturated heterocycles. The zero-order valence-corrected chi connectivity index (χ0v) is 15.4. The molecule has 1 aliphatic rings. The second-order valence-electron chi connectivity index (χ2n) is 5.94. The molecule has 1 fully saturated rings. The van der Waals surface area contributed by atoms with Gasteiger partial charge in [-0.1, -0.05) is 29.8 Å². The van der Waals surface area contributed by atoms with Crippen molar-refractivity contribution in [2.24, 2.45) is 0 Å². The number of hydrogen-bond acceptors (Lipinski definition) is 5. The number of morpholine rings is 1. The zero-order valence-electron chi connectivity index (χ0n) is 13.8. The van der Waals surface area contributed by atoms with Crippen LogP contribution in [0.1, 0.15) is 0 Å². The Morgan fingerprint density at radius 2 is 1.65 bits per heavy atom. The summed E-state index contributed by atoms with van der Waals surface area (Å²) in [6.07, 6.45) is 1.43. The quantitative estimate of drug-likeness (QED) is 0.644. The maximum atomic E-state index is 12.7. The highest BCUT2D eigenvalue weighted by atomic mass is 35.5. The van der Waals surface area contributed by atoms with Gasteiger partial charge >= 0.3 is 0 Å². The van der Waals surface area contributed by atoms with Crippen LogP contribution in [-0.4, -0.2) is 49.0 Å². The van der Waals surface area contributed by atoms with Gasteiger partial charge < -0.3 is 4.74 Å². The highest BCUT2D eigenvalue weighted by Crippen LogP contribution is 2.28. The van der Waals surface area contributed by atoms with E-state index in [0.717, 1.165) is 22.0 Å². The molecule has 0 unspecified atom stereocenters. The van der Waals surface area contributed by atoms with E-state index in [4.69, 9.17) is 16.3 Å². The van der Waals surface area contributed by atoms with Crippen molar-refractivity contribution in [3.8, 4) is 11.1 Å². The Balaban J connectivity index is 1.67. The average molecular weight is 390 g/mol. The van der Waals surface area contributed by atoms with Crippen LogP contribution in [0.15, 0.2) is 53.7 Å². The number of nitrogens with zero attached hydrogens (tertiary/aromatic N) is 3. The van der Waals surface area contributed by atoms with Gasteiger partial charge in [0, 0.05) is 18.5 Å². The predicted octanol–water partition coefficient (Wildman–Crippen LogP) is 2.97. The SMILES string of the molecule is O=S(=O)(c1ccc(-c2ccc3ncnc(Cl)c3c2)cc1)N1CCOCC1. The molecule has 2 heterocycles. The number of halogens is 1. The molecule has 3 aromatic rings. The van der Waals surface area contributed by atoms with Gasteiger partial charge in [-0.3, -0.25) is 0 Å². The van der Waals surface area contributed by atoms with Gasteiger partial charge in [-0.25, -0.2) is 18.4 Å². The summed E-state index contributed by atoms with van der Waals surface area (Å²) in [4.78, 5) is 8.47. The lowest BCUT2D eigenvalue weighted by molar-refractivity contribution is 0.0730. The van der Waals surface area contributed by atoms with Crippen molar-refractivity contribution in [3.05, 3.63) is 53.9 Å². The lowest BCUT2D eigenvalue weighted by Crippen LogP contribution is -2.40. The van der Waals surface area contributed by atoms with Crippen LogP contribution in [0.2, 0.25) is 5.15 Å². The fourth-order valence-corrected chi connectivity index (χ4v) is 4.56. The van der Waals surface area contributed by atoms with E-state index < -0.39 is 10.0 Å². The lowest BCUT2D eigenvalue weighted by atomic mass is 10.0. The summed E-state index contributed by atoms with van der Waals surface area (Å²) in [7, 11) is -3.49. The number of ether oxygens (including phenoxy) is 1. The summed E-state index contributed by atoms with van der Waals surface area (Å²) in [5.41, 5.74) is 2.58. The summed E-state index contributed by atoms with van der Waals surface area (Å²) >= 11 is 6.14. The summed E-state index contributed by atoms with van der Waals surface area (Å²) in [6.45, 7) is 1.62. The Bertz CT molecular complexity index is 1050. The van der Waals surface area contributed by atoms with Gasteiger partial charge in [0.05, 0.1) is 23.6 Å². The van der Waals surface area contributed by atoms with E-state index in [0.29, 0.717) is 31.5 Å². The second kappa shape index (κ2) is 6.92. The van der Waals surface area contributed by atoms with E-state index >= 15 is 0 Å². The smallest absolute Gasteiger partial charge is 0.243 e. The Kier molecular flexibility index (Phi) is 4.62. The zero-order chi connectivity index (χ0) is 18.1. The van der Waals surface area contributed by atoms with Crippen molar-refractivity contribution < 1.29 is 13.2 Å². The average Bonchev–Trinajstić information content (AvgIpc) is 2.69. The molecule has 0 saturated carbocycles.